The lowest BCUT2D eigenvalue weighted by atomic mass is 9.85. The summed E-state index contributed by atoms with van der Waals surface area (Å²) in [5.41, 5.74) is 4.50. The van der Waals surface area contributed by atoms with Crippen molar-refractivity contribution in [2.75, 3.05) is 13.1 Å². The van der Waals surface area contributed by atoms with E-state index in [9.17, 15) is 19.2 Å². The summed E-state index contributed by atoms with van der Waals surface area (Å²) < 4.78 is 0. The summed E-state index contributed by atoms with van der Waals surface area (Å²) in [4.78, 5) is 55.8. The molecule has 1 radical (unpaired) electrons. The lowest BCUT2D eigenvalue weighted by Crippen LogP contribution is -2.64. The van der Waals surface area contributed by atoms with E-state index < -0.39 is 23.3 Å². The molecule has 1 aliphatic carbocycles. The van der Waals surface area contributed by atoms with Gasteiger partial charge in [0.1, 0.15) is 0 Å². The number of ketones is 1. The molecule has 2 aromatic rings. The van der Waals surface area contributed by atoms with Crippen molar-refractivity contribution in [1.29, 1.82) is 0 Å². The minimum absolute atomic E-state index is 0.221. The molecule has 3 fully saturated rings. The van der Waals surface area contributed by atoms with Gasteiger partial charge >= 0.3 is 0 Å². The molecule has 2 aliphatic heterocycles. The first-order valence-electron chi connectivity index (χ1n) is 12.2. The maximum Gasteiger partial charge on any atom is 0.255 e. The maximum absolute atomic E-state index is 13.6. The van der Waals surface area contributed by atoms with Gasteiger partial charge in [-0.25, -0.2) is 0 Å². The van der Waals surface area contributed by atoms with E-state index in [0.717, 1.165) is 23.6 Å². The Kier molecular flexibility index (Phi) is 5.88. The second-order valence-electron chi connectivity index (χ2n) is 9.75. The van der Waals surface area contributed by atoms with Crippen LogP contribution in [0.5, 0.6) is 0 Å². The normalized spacial score (nSPS) is 25.1. The zero-order chi connectivity index (χ0) is 23.9. The fraction of sp³-hybridized carbons (Fsp3) is 0.444. The van der Waals surface area contributed by atoms with Gasteiger partial charge in [-0.3, -0.25) is 19.2 Å². The van der Waals surface area contributed by atoms with Crippen molar-refractivity contribution in [2.45, 2.75) is 56.5 Å². The van der Waals surface area contributed by atoms with E-state index in [0.29, 0.717) is 24.3 Å². The highest BCUT2D eigenvalue weighted by Gasteiger charge is 2.67. The molecule has 2 heterocycles. The van der Waals surface area contributed by atoms with Crippen LogP contribution in [0.25, 0.3) is 10.8 Å². The van der Waals surface area contributed by atoms with Gasteiger partial charge < -0.3 is 15.5 Å². The Morgan fingerprint density at radius 1 is 1.00 bits per heavy atom. The lowest BCUT2D eigenvalue weighted by Gasteiger charge is -2.35. The standard InChI is InChI=1S/C27H30N3O4/c28-26(34)27-22(15-16-30(27)24(32)14-13-18-7-2-1-3-8-18)29(17-23(27)31)25(33)21-12-6-10-19-9-4-5-11-20(19)21/h4-6,9-12,14,18,22H,1-3,7-8,13,15-17H2,(H2,28,34). The molecule has 5 rings (SSSR count). The van der Waals surface area contributed by atoms with E-state index >= 15 is 0 Å². The summed E-state index contributed by atoms with van der Waals surface area (Å²) in [7, 11) is 0. The number of hydrogen-bond donors (Lipinski definition) is 1. The van der Waals surface area contributed by atoms with Crippen LogP contribution in [0.4, 0.5) is 0 Å². The number of primary amides is 1. The third-order valence-corrected chi connectivity index (χ3v) is 7.92. The number of nitrogens with two attached hydrogens (primary N) is 1. The predicted molar refractivity (Wildman–Crippen MR) is 128 cm³/mol. The van der Waals surface area contributed by atoms with Crippen LogP contribution in [-0.4, -0.2) is 58.0 Å². The molecule has 2 saturated heterocycles. The summed E-state index contributed by atoms with van der Waals surface area (Å²) in [6.07, 6.45) is 8.37. The average molecular weight is 461 g/mol. The third kappa shape index (κ3) is 3.49. The Labute approximate surface area is 199 Å². The fourth-order valence-corrected chi connectivity index (χ4v) is 6.22. The number of likely N-dealkylation sites (tertiary alicyclic amines) is 2. The highest BCUT2D eigenvalue weighted by molar-refractivity contribution is 6.19. The minimum atomic E-state index is -1.79. The quantitative estimate of drug-likeness (QED) is 0.694. The number of Topliss-reactive ketones (excluding diaryl/α,β-unsaturated/α-hetero) is 1. The first-order chi connectivity index (χ1) is 16.4. The van der Waals surface area contributed by atoms with E-state index in [1.54, 1.807) is 18.6 Å². The Morgan fingerprint density at radius 3 is 2.50 bits per heavy atom. The Hall–Kier alpha value is -3.22. The molecule has 2 unspecified atom stereocenters. The number of nitrogens with zero attached hydrogens (tertiary/aromatic N) is 2. The topological polar surface area (TPSA) is 101 Å². The first kappa shape index (κ1) is 22.6. The number of rotatable bonds is 5. The zero-order valence-electron chi connectivity index (χ0n) is 19.2. The number of carbonyl (C=O) groups excluding carboxylic acids is 4. The van der Waals surface area contributed by atoms with Crippen molar-refractivity contribution in [1.82, 2.24) is 9.80 Å². The van der Waals surface area contributed by atoms with Crippen molar-refractivity contribution in [3.63, 3.8) is 0 Å². The SMILES string of the molecule is NC(=O)C12C(=O)CN(C(=O)c3cccc4ccccc34)C1CCN2C(=O)[CH]CC1CCCCC1. The minimum Gasteiger partial charge on any atom is -0.367 e. The molecule has 0 spiro atoms. The maximum atomic E-state index is 13.6. The number of fused-ring (bicyclic) bond motifs is 2. The molecule has 34 heavy (non-hydrogen) atoms. The van der Waals surface area contributed by atoms with Crippen molar-refractivity contribution >= 4 is 34.3 Å². The largest absolute Gasteiger partial charge is 0.367 e. The van der Waals surface area contributed by atoms with Crippen molar-refractivity contribution in [3.8, 4) is 0 Å². The molecule has 3 amide bonds. The van der Waals surface area contributed by atoms with Crippen LogP contribution in [0.15, 0.2) is 42.5 Å². The van der Waals surface area contributed by atoms with Crippen molar-refractivity contribution in [2.24, 2.45) is 11.7 Å². The third-order valence-electron chi connectivity index (χ3n) is 7.92. The van der Waals surface area contributed by atoms with Gasteiger partial charge in [-0.1, -0.05) is 68.5 Å². The van der Waals surface area contributed by atoms with Gasteiger partial charge in [0, 0.05) is 12.1 Å². The van der Waals surface area contributed by atoms with Crippen LogP contribution in [0.2, 0.25) is 0 Å². The van der Waals surface area contributed by atoms with Gasteiger partial charge in [-0.05, 0) is 35.6 Å². The highest BCUT2D eigenvalue weighted by atomic mass is 16.2. The molecule has 7 nitrogen and oxygen atoms in total. The summed E-state index contributed by atoms with van der Waals surface area (Å²) in [5, 5.41) is 1.70. The molecular weight excluding hydrogens is 430 g/mol. The molecule has 1 saturated carbocycles. The van der Waals surface area contributed by atoms with Gasteiger partial charge in [-0.2, -0.15) is 0 Å². The monoisotopic (exact) mass is 460 g/mol. The summed E-state index contributed by atoms with van der Waals surface area (Å²) in [6.45, 7) is -0.0132. The van der Waals surface area contributed by atoms with Gasteiger partial charge in [-0.15, -0.1) is 0 Å². The second-order valence-corrected chi connectivity index (χ2v) is 9.75. The summed E-state index contributed by atoms with van der Waals surface area (Å²) in [6, 6.07) is 12.3. The van der Waals surface area contributed by atoms with Gasteiger partial charge in [0.2, 0.25) is 11.4 Å². The highest BCUT2D eigenvalue weighted by Crippen LogP contribution is 2.41. The Bertz CT molecular complexity index is 1150. The average Bonchev–Trinajstić information content (AvgIpc) is 3.39. The lowest BCUT2D eigenvalue weighted by molar-refractivity contribution is -0.148. The van der Waals surface area contributed by atoms with Gasteiger partial charge in [0.15, 0.2) is 5.78 Å². The van der Waals surface area contributed by atoms with Crippen LogP contribution in [-0.2, 0) is 14.4 Å². The summed E-state index contributed by atoms with van der Waals surface area (Å²) in [5.74, 6) is -1.52. The van der Waals surface area contributed by atoms with Crippen LogP contribution in [0, 0.1) is 12.3 Å². The van der Waals surface area contributed by atoms with E-state index in [2.05, 4.69) is 0 Å². The molecule has 177 valence electrons. The van der Waals surface area contributed by atoms with Crippen LogP contribution >= 0.6 is 0 Å². The first-order valence-corrected chi connectivity index (χ1v) is 12.2. The number of benzene rings is 2. The second kappa shape index (κ2) is 8.85. The molecule has 2 N–H and O–H groups in total. The van der Waals surface area contributed by atoms with Gasteiger partial charge in [0.05, 0.1) is 19.0 Å². The number of hydrogen-bond acceptors (Lipinski definition) is 4. The molecule has 0 bridgehead atoms. The Balaban J connectivity index is 1.41. The van der Waals surface area contributed by atoms with E-state index in [-0.39, 0.29) is 24.9 Å². The molecule has 3 aliphatic rings. The molecule has 7 heteroatoms. The Morgan fingerprint density at radius 2 is 1.74 bits per heavy atom. The van der Waals surface area contributed by atoms with Crippen molar-refractivity contribution < 1.29 is 19.2 Å². The fourth-order valence-electron chi connectivity index (χ4n) is 6.22. The van der Waals surface area contributed by atoms with E-state index in [1.807, 2.05) is 30.3 Å². The van der Waals surface area contributed by atoms with Crippen LogP contribution in [0.1, 0.15) is 55.3 Å². The molecule has 2 atom stereocenters. The predicted octanol–water partition coefficient (Wildman–Crippen LogP) is 2.86. The van der Waals surface area contributed by atoms with Crippen molar-refractivity contribution in [3.05, 3.63) is 54.4 Å². The molecule has 0 aromatic heterocycles. The smallest absolute Gasteiger partial charge is 0.255 e. The van der Waals surface area contributed by atoms with Gasteiger partial charge in [0.25, 0.3) is 11.8 Å². The van der Waals surface area contributed by atoms with Crippen LogP contribution < -0.4 is 5.73 Å². The van der Waals surface area contributed by atoms with E-state index in [4.69, 9.17) is 5.73 Å². The summed E-state index contributed by atoms with van der Waals surface area (Å²) >= 11 is 0. The van der Waals surface area contributed by atoms with E-state index in [1.165, 1.54) is 29.1 Å². The molecule has 2 aromatic carbocycles. The number of carbonyl (C=O) groups is 4. The van der Waals surface area contributed by atoms with Crippen LogP contribution in [0.3, 0.4) is 0 Å². The zero-order valence-corrected chi connectivity index (χ0v) is 19.2. The number of amides is 3. The molecular formula is C27H30N3O4.